The summed E-state index contributed by atoms with van der Waals surface area (Å²) >= 11 is 0. The molecule has 0 saturated heterocycles. The van der Waals surface area contributed by atoms with E-state index in [1.165, 1.54) is 5.56 Å². The van der Waals surface area contributed by atoms with Crippen LogP contribution in [0.5, 0.6) is 5.75 Å². The second kappa shape index (κ2) is 7.51. The van der Waals surface area contributed by atoms with E-state index < -0.39 is 0 Å². The van der Waals surface area contributed by atoms with Gasteiger partial charge in [-0.3, -0.25) is 0 Å². The Morgan fingerprint density at radius 1 is 1.26 bits per heavy atom. The molecule has 2 atom stereocenters. The number of aliphatic hydroxyl groups is 1. The topological polar surface area (TPSA) is 41.5 Å². The summed E-state index contributed by atoms with van der Waals surface area (Å²) in [6.45, 7) is 4.00. The molecule has 1 aromatic carbocycles. The van der Waals surface area contributed by atoms with Gasteiger partial charge in [-0.1, -0.05) is 31.5 Å². The van der Waals surface area contributed by atoms with Gasteiger partial charge in [0, 0.05) is 12.1 Å². The molecule has 106 valence electrons. The van der Waals surface area contributed by atoms with Crippen molar-refractivity contribution in [3.8, 4) is 5.75 Å². The SMILES string of the molecule is CCCNCc1ccccc1OC1CCCCC1O. The third-order valence-corrected chi connectivity index (χ3v) is 3.66. The zero-order chi connectivity index (χ0) is 13.5. The van der Waals surface area contributed by atoms with E-state index >= 15 is 0 Å². The number of nitrogens with one attached hydrogen (secondary N) is 1. The van der Waals surface area contributed by atoms with Gasteiger partial charge in [-0.2, -0.15) is 0 Å². The molecular formula is C16H25NO2. The van der Waals surface area contributed by atoms with E-state index in [-0.39, 0.29) is 12.2 Å². The molecule has 2 N–H and O–H groups in total. The summed E-state index contributed by atoms with van der Waals surface area (Å²) in [7, 11) is 0. The molecule has 0 radical (unpaired) electrons. The molecule has 19 heavy (non-hydrogen) atoms. The predicted molar refractivity (Wildman–Crippen MR) is 77.3 cm³/mol. The van der Waals surface area contributed by atoms with Crippen LogP contribution in [0, 0.1) is 0 Å². The van der Waals surface area contributed by atoms with Crippen molar-refractivity contribution < 1.29 is 9.84 Å². The molecule has 0 heterocycles. The maximum Gasteiger partial charge on any atom is 0.124 e. The van der Waals surface area contributed by atoms with Crippen LogP contribution in [0.2, 0.25) is 0 Å². The molecule has 1 saturated carbocycles. The van der Waals surface area contributed by atoms with Gasteiger partial charge >= 0.3 is 0 Å². The fourth-order valence-electron chi connectivity index (χ4n) is 2.54. The van der Waals surface area contributed by atoms with Crippen molar-refractivity contribution >= 4 is 0 Å². The average molecular weight is 263 g/mol. The minimum Gasteiger partial charge on any atom is -0.487 e. The number of para-hydroxylation sites is 1. The summed E-state index contributed by atoms with van der Waals surface area (Å²) in [5.74, 6) is 0.914. The standard InChI is InChI=1S/C16H25NO2/c1-2-11-17-12-13-7-3-5-9-15(13)19-16-10-6-4-8-14(16)18/h3,5,7,9,14,16-18H,2,4,6,8,10-12H2,1H3. The van der Waals surface area contributed by atoms with Crippen LogP contribution < -0.4 is 10.1 Å². The quantitative estimate of drug-likeness (QED) is 0.775. The number of benzene rings is 1. The van der Waals surface area contributed by atoms with Crippen LogP contribution in [-0.2, 0) is 6.54 Å². The van der Waals surface area contributed by atoms with Gasteiger partial charge in [0.25, 0.3) is 0 Å². The lowest BCUT2D eigenvalue weighted by atomic mass is 9.95. The minimum absolute atomic E-state index is 0.0407. The number of aliphatic hydroxyl groups excluding tert-OH is 1. The largest absolute Gasteiger partial charge is 0.487 e. The zero-order valence-corrected chi connectivity index (χ0v) is 11.8. The van der Waals surface area contributed by atoms with Gasteiger partial charge in [-0.15, -0.1) is 0 Å². The molecular weight excluding hydrogens is 238 g/mol. The highest BCUT2D eigenvalue weighted by atomic mass is 16.5. The van der Waals surface area contributed by atoms with Gasteiger partial charge in [0.05, 0.1) is 6.10 Å². The van der Waals surface area contributed by atoms with Crippen molar-refractivity contribution in [2.24, 2.45) is 0 Å². The summed E-state index contributed by atoms with van der Waals surface area (Å²) in [5.41, 5.74) is 1.17. The lowest BCUT2D eigenvalue weighted by Gasteiger charge is -2.29. The first-order valence-corrected chi connectivity index (χ1v) is 7.44. The summed E-state index contributed by atoms with van der Waals surface area (Å²) in [6.07, 6.45) is 4.86. The first kappa shape index (κ1) is 14.4. The van der Waals surface area contributed by atoms with Crippen molar-refractivity contribution in [1.29, 1.82) is 0 Å². The summed E-state index contributed by atoms with van der Waals surface area (Å²) in [6, 6.07) is 8.12. The van der Waals surface area contributed by atoms with Gasteiger partial charge in [0.2, 0.25) is 0 Å². The molecule has 0 aliphatic heterocycles. The minimum atomic E-state index is -0.314. The maximum atomic E-state index is 9.99. The van der Waals surface area contributed by atoms with Gasteiger partial charge < -0.3 is 15.2 Å². The second-order valence-electron chi connectivity index (χ2n) is 5.29. The van der Waals surface area contributed by atoms with E-state index in [9.17, 15) is 5.11 Å². The molecule has 1 aromatic rings. The Labute approximate surface area is 116 Å². The molecule has 2 rings (SSSR count). The molecule has 1 aliphatic carbocycles. The van der Waals surface area contributed by atoms with E-state index in [1.54, 1.807) is 0 Å². The van der Waals surface area contributed by atoms with Gasteiger partial charge in [0.1, 0.15) is 11.9 Å². The van der Waals surface area contributed by atoms with Gasteiger partial charge in [-0.25, -0.2) is 0 Å². The molecule has 0 amide bonds. The first-order valence-electron chi connectivity index (χ1n) is 7.44. The highest BCUT2D eigenvalue weighted by Crippen LogP contribution is 2.26. The predicted octanol–water partition coefficient (Wildman–Crippen LogP) is 2.87. The van der Waals surface area contributed by atoms with Crippen LogP contribution in [0.3, 0.4) is 0 Å². The molecule has 2 unspecified atom stereocenters. The Morgan fingerprint density at radius 2 is 2.05 bits per heavy atom. The van der Waals surface area contributed by atoms with Gasteiger partial charge in [-0.05, 0) is 38.3 Å². The normalized spacial score (nSPS) is 23.3. The van der Waals surface area contributed by atoms with E-state index in [1.807, 2.05) is 18.2 Å². The Morgan fingerprint density at radius 3 is 2.84 bits per heavy atom. The Balaban J connectivity index is 1.98. The number of ether oxygens (including phenoxy) is 1. The summed E-state index contributed by atoms with van der Waals surface area (Å²) in [5, 5.41) is 13.4. The van der Waals surface area contributed by atoms with Crippen LogP contribution in [0.15, 0.2) is 24.3 Å². The molecule has 0 bridgehead atoms. The lowest BCUT2D eigenvalue weighted by molar-refractivity contribution is 0.00636. The Kier molecular flexibility index (Phi) is 5.67. The van der Waals surface area contributed by atoms with Crippen LogP contribution in [0.1, 0.15) is 44.6 Å². The fraction of sp³-hybridized carbons (Fsp3) is 0.625. The molecule has 1 fully saturated rings. The van der Waals surface area contributed by atoms with Crippen LogP contribution >= 0.6 is 0 Å². The number of hydrogen-bond donors (Lipinski definition) is 2. The molecule has 3 heteroatoms. The summed E-state index contributed by atoms with van der Waals surface area (Å²) < 4.78 is 6.04. The highest BCUT2D eigenvalue weighted by Gasteiger charge is 2.25. The molecule has 3 nitrogen and oxygen atoms in total. The van der Waals surface area contributed by atoms with E-state index in [0.29, 0.717) is 0 Å². The number of hydrogen-bond acceptors (Lipinski definition) is 3. The Hall–Kier alpha value is -1.06. The first-order chi connectivity index (χ1) is 9.31. The van der Waals surface area contributed by atoms with E-state index in [4.69, 9.17) is 4.74 Å². The average Bonchev–Trinajstić information content (AvgIpc) is 2.43. The van der Waals surface area contributed by atoms with Crippen LogP contribution in [0.4, 0.5) is 0 Å². The zero-order valence-electron chi connectivity index (χ0n) is 11.8. The van der Waals surface area contributed by atoms with Gasteiger partial charge in [0.15, 0.2) is 0 Å². The van der Waals surface area contributed by atoms with Crippen molar-refractivity contribution in [1.82, 2.24) is 5.32 Å². The maximum absolute atomic E-state index is 9.99. The monoisotopic (exact) mass is 263 g/mol. The van der Waals surface area contributed by atoms with E-state index in [0.717, 1.165) is 50.9 Å². The van der Waals surface area contributed by atoms with Crippen molar-refractivity contribution in [3.63, 3.8) is 0 Å². The third-order valence-electron chi connectivity index (χ3n) is 3.66. The highest BCUT2D eigenvalue weighted by molar-refractivity contribution is 5.33. The fourth-order valence-corrected chi connectivity index (χ4v) is 2.54. The van der Waals surface area contributed by atoms with Crippen LogP contribution in [0.25, 0.3) is 0 Å². The summed E-state index contributed by atoms with van der Waals surface area (Å²) in [4.78, 5) is 0. The number of rotatable bonds is 6. The Bertz CT molecular complexity index is 381. The molecule has 0 aromatic heterocycles. The molecule has 1 aliphatic rings. The van der Waals surface area contributed by atoms with Crippen LogP contribution in [-0.4, -0.2) is 23.9 Å². The third kappa shape index (κ3) is 4.22. The van der Waals surface area contributed by atoms with E-state index in [2.05, 4.69) is 18.3 Å². The van der Waals surface area contributed by atoms with Crippen molar-refractivity contribution in [2.45, 2.75) is 57.8 Å². The van der Waals surface area contributed by atoms with Crippen molar-refractivity contribution in [2.75, 3.05) is 6.54 Å². The van der Waals surface area contributed by atoms with Crippen molar-refractivity contribution in [3.05, 3.63) is 29.8 Å². The lowest BCUT2D eigenvalue weighted by Crippen LogP contribution is -2.35. The smallest absolute Gasteiger partial charge is 0.124 e. The second-order valence-corrected chi connectivity index (χ2v) is 5.29. The molecule has 0 spiro atoms.